The Hall–Kier alpha value is -1.80. The number of hydrogen-bond acceptors (Lipinski definition) is 8. The lowest BCUT2D eigenvalue weighted by Gasteiger charge is -2.17. The van der Waals surface area contributed by atoms with Crippen molar-refractivity contribution in [3.05, 3.63) is 23.7 Å². The van der Waals surface area contributed by atoms with Crippen LogP contribution >= 0.6 is 11.5 Å². The summed E-state index contributed by atoms with van der Waals surface area (Å²) in [5.41, 5.74) is 0.969. The smallest absolute Gasteiger partial charge is 0.233 e. The quantitative estimate of drug-likeness (QED) is 0.781. The normalized spacial score (nSPS) is 17.9. The van der Waals surface area contributed by atoms with Crippen molar-refractivity contribution < 1.29 is 9.47 Å². The Morgan fingerprint density at radius 1 is 1.28 bits per heavy atom. The molecular weight excluding hydrogens is 338 g/mol. The Labute approximate surface area is 152 Å². The van der Waals surface area contributed by atoms with Crippen LogP contribution in [0.4, 0.5) is 5.13 Å². The highest BCUT2D eigenvalue weighted by atomic mass is 32.1. The van der Waals surface area contributed by atoms with Gasteiger partial charge in [0.1, 0.15) is 6.61 Å². The molecule has 136 valence electrons. The average molecular weight is 363 g/mol. The Balaban J connectivity index is 1.49. The first-order valence-electron chi connectivity index (χ1n) is 8.49. The van der Waals surface area contributed by atoms with Gasteiger partial charge in [-0.15, -0.1) is 5.10 Å². The van der Waals surface area contributed by atoms with E-state index < -0.39 is 0 Å². The minimum absolute atomic E-state index is 0.000889. The van der Waals surface area contributed by atoms with Crippen molar-refractivity contribution in [1.82, 2.24) is 19.6 Å². The third-order valence-electron chi connectivity index (χ3n) is 4.16. The van der Waals surface area contributed by atoms with Gasteiger partial charge < -0.3 is 14.4 Å². The highest BCUT2D eigenvalue weighted by Gasteiger charge is 2.26. The number of methoxy groups -OCH3 is 1. The molecule has 2 aromatic heterocycles. The molecule has 1 atom stereocenters. The van der Waals surface area contributed by atoms with Crippen molar-refractivity contribution in [3.63, 3.8) is 0 Å². The molecule has 0 spiro atoms. The van der Waals surface area contributed by atoms with Crippen molar-refractivity contribution >= 4 is 16.7 Å². The zero-order chi connectivity index (χ0) is 17.9. The molecule has 0 N–H and O–H groups in total. The van der Waals surface area contributed by atoms with E-state index in [0.717, 1.165) is 36.2 Å². The van der Waals surface area contributed by atoms with E-state index in [2.05, 4.69) is 45.2 Å². The van der Waals surface area contributed by atoms with Crippen molar-refractivity contribution in [3.8, 4) is 5.88 Å². The van der Waals surface area contributed by atoms with Gasteiger partial charge in [0.2, 0.25) is 11.0 Å². The predicted octanol–water partition coefficient (Wildman–Crippen LogP) is 2.68. The van der Waals surface area contributed by atoms with E-state index in [1.807, 2.05) is 12.1 Å². The molecule has 0 radical (unpaired) electrons. The van der Waals surface area contributed by atoms with Crippen LogP contribution in [0.15, 0.2) is 12.1 Å². The van der Waals surface area contributed by atoms with Crippen LogP contribution in [0.25, 0.3) is 0 Å². The molecule has 0 aromatic carbocycles. The van der Waals surface area contributed by atoms with Crippen molar-refractivity contribution in [2.24, 2.45) is 5.92 Å². The molecule has 3 rings (SSSR count). The SMILES string of the molecule is COCc1nsc(N2CCC(COc3ccc(C(C)(C)C)nn3)C2)n1. The van der Waals surface area contributed by atoms with E-state index >= 15 is 0 Å². The van der Waals surface area contributed by atoms with Gasteiger partial charge in [-0.1, -0.05) is 20.8 Å². The fourth-order valence-electron chi connectivity index (χ4n) is 2.70. The van der Waals surface area contributed by atoms with Crippen LogP contribution < -0.4 is 9.64 Å². The number of hydrogen-bond donors (Lipinski definition) is 0. The number of aromatic nitrogens is 4. The van der Waals surface area contributed by atoms with Gasteiger partial charge in [0.05, 0.1) is 12.3 Å². The number of ether oxygens (including phenoxy) is 2. The van der Waals surface area contributed by atoms with Gasteiger partial charge in [-0.05, 0) is 12.5 Å². The van der Waals surface area contributed by atoms with Crippen LogP contribution in [0.1, 0.15) is 38.7 Å². The minimum Gasteiger partial charge on any atom is -0.476 e. The molecule has 1 aliphatic rings. The minimum atomic E-state index is 0.000889. The van der Waals surface area contributed by atoms with Gasteiger partial charge in [-0.3, -0.25) is 0 Å². The molecule has 1 unspecified atom stereocenters. The lowest BCUT2D eigenvalue weighted by molar-refractivity contribution is 0.179. The summed E-state index contributed by atoms with van der Waals surface area (Å²) in [6.45, 7) is 9.37. The van der Waals surface area contributed by atoms with Gasteiger partial charge in [-0.25, -0.2) is 4.98 Å². The molecular formula is C17H25N5O2S. The number of rotatable bonds is 6. The summed E-state index contributed by atoms with van der Waals surface area (Å²) in [6.07, 6.45) is 1.08. The van der Waals surface area contributed by atoms with Gasteiger partial charge in [0, 0.05) is 49.1 Å². The molecule has 3 heterocycles. The molecule has 25 heavy (non-hydrogen) atoms. The fourth-order valence-corrected chi connectivity index (χ4v) is 3.41. The van der Waals surface area contributed by atoms with Crippen LogP contribution in [0.5, 0.6) is 5.88 Å². The summed E-state index contributed by atoms with van der Waals surface area (Å²) < 4.78 is 15.2. The molecule has 0 amide bonds. The van der Waals surface area contributed by atoms with Gasteiger partial charge in [0.25, 0.3) is 0 Å². The highest BCUT2D eigenvalue weighted by molar-refractivity contribution is 7.09. The van der Waals surface area contributed by atoms with E-state index in [0.29, 0.717) is 25.0 Å². The van der Waals surface area contributed by atoms with Crippen molar-refractivity contribution in [2.45, 2.75) is 39.2 Å². The molecule has 1 fully saturated rings. The zero-order valence-electron chi connectivity index (χ0n) is 15.2. The second kappa shape index (κ2) is 7.61. The summed E-state index contributed by atoms with van der Waals surface area (Å²) in [6, 6.07) is 3.89. The molecule has 7 nitrogen and oxygen atoms in total. The van der Waals surface area contributed by atoms with Gasteiger partial charge in [0.15, 0.2) is 5.82 Å². The first-order valence-corrected chi connectivity index (χ1v) is 9.26. The molecule has 8 heteroatoms. The Kier molecular flexibility index (Phi) is 5.48. The first-order chi connectivity index (χ1) is 12.0. The number of anilines is 1. The van der Waals surface area contributed by atoms with E-state index in [1.54, 1.807) is 7.11 Å². The van der Waals surface area contributed by atoms with Gasteiger partial charge >= 0.3 is 0 Å². The third kappa shape index (κ3) is 4.64. The lowest BCUT2D eigenvalue weighted by atomic mass is 9.92. The standard InChI is InChI=1S/C17H25N5O2S/c1-17(2,3)13-5-6-15(20-19-13)24-10-12-7-8-22(9-12)16-18-14(11-23-4)21-25-16/h5-6,12H,7-11H2,1-4H3. The van der Waals surface area contributed by atoms with E-state index in [9.17, 15) is 0 Å². The maximum absolute atomic E-state index is 5.83. The second-order valence-corrected chi connectivity index (χ2v) is 8.08. The van der Waals surface area contributed by atoms with E-state index in [4.69, 9.17) is 9.47 Å². The number of nitrogens with zero attached hydrogens (tertiary/aromatic N) is 5. The monoisotopic (exact) mass is 363 g/mol. The summed E-state index contributed by atoms with van der Waals surface area (Å²) in [4.78, 5) is 6.78. The largest absolute Gasteiger partial charge is 0.476 e. The van der Waals surface area contributed by atoms with Crippen LogP contribution in [0.3, 0.4) is 0 Å². The topological polar surface area (TPSA) is 73.3 Å². The highest BCUT2D eigenvalue weighted by Crippen LogP contribution is 2.26. The van der Waals surface area contributed by atoms with Crippen LogP contribution in [0.2, 0.25) is 0 Å². The molecule has 1 saturated heterocycles. The summed E-state index contributed by atoms with van der Waals surface area (Å²) in [7, 11) is 1.65. The van der Waals surface area contributed by atoms with Crippen LogP contribution in [-0.2, 0) is 16.8 Å². The van der Waals surface area contributed by atoms with Crippen molar-refractivity contribution in [2.75, 3.05) is 31.7 Å². The Bertz CT molecular complexity index is 683. The molecule has 0 saturated carbocycles. The summed E-state index contributed by atoms with van der Waals surface area (Å²) >= 11 is 1.43. The molecule has 0 aliphatic carbocycles. The summed E-state index contributed by atoms with van der Waals surface area (Å²) in [5, 5.41) is 9.41. The molecule has 1 aliphatic heterocycles. The third-order valence-corrected chi connectivity index (χ3v) is 4.98. The molecule has 0 bridgehead atoms. The van der Waals surface area contributed by atoms with E-state index in [-0.39, 0.29) is 5.41 Å². The second-order valence-electron chi connectivity index (χ2n) is 7.34. The first kappa shape index (κ1) is 18.0. The molecule has 2 aromatic rings. The summed E-state index contributed by atoms with van der Waals surface area (Å²) in [5.74, 6) is 1.79. The average Bonchev–Trinajstić information content (AvgIpc) is 3.22. The Morgan fingerprint density at radius 2 is 2.12 bits per heavy atom. The van der Waals surface area contributed by atoms with Crippen LogP contribution in [-0.4, -0.2) is 46.4 Å². The Morgan fingerprint density at radius 3 is 2.80 bits per heavy atom. The fraction of sp³-hybridized carbons (Fsp3) is 0.647. The maximum Gasteiger partial charge on any atom is 0.233 e. The predicted molar refractivity (Wildman–Crippen MR) is 97.2 cm³/mol. The zero-order valence-corrected chi connectivity index (χ0v) is 16.0. The van der Waals surface area contributed by atoms with Crippen molar-refractivity contribution in [1.29, 1.82) is 0 Å². The van der Waals surface area contributed by atoms with E-state index in [1.165, 1.54) is 11.5 Å². The van der Waals surface area contributed by atoms with Crippen LogP contribution in [0, 0.1) is 5.92 Å². The maximum atomic E-state index is 5.83. The lowest BCUT2D eigenvalue weighted by Crippen LogP contribution is -2.22. The van der Waals surface area contributed by atoms with Gasteiger partial charge in [-0.2, -0.15) is 9.47 Å².